The molecular weight excluding hydrogens is 386 g/mol. The number of nitriles is 1. The van der Waals surface area contributed by atoms with E-state index in [2.05, 4.69) is 20.8 Å². The van der Waals surface area contributed by atoms with E-state index in [1.807, 2.05) is 0 Å². The van der Waals surface area contributed by atoms with Crippen molar-refractivity contribution in [1.82, 2.24) is 9.97 Å². The smallest absolute Gasteiger partial charge is 0.334 e. The average molecular weight is 403 g/mol. The number of benzene rings is 2. The highest BCUT2D eigenvalue weighted by molar-refractivity contribution is 5.90. The van der Waals surface area contributed by atoms with Gasteiger partial charge in [-0.15, -0.1) is 0 Å². The molecule has 0 unspecified atom stereocenters. The Hall–Kier alpha value is -4.38. The predicted octanol–water partition coefficient (Wildman–Crippen LogP) is 4.09. The lowest BCUT2D eigenvalue weighted by molar-refractivity contribution is -0.134. The van der Waals surface area contributed by atoms with Crippen LogP contribution in [0.15, 0.2) is 67.0 Å². The molecule has 8 heteroatoms. The van der Waals surface area contributed by atoms with Crippen LogP contribution in [-0.4, -0.2) is 30.2 Å². The Kier molecular flexibility index (Phi) is 6.59. The summed E-state index contributed by atoms with van der Waals surface area (Å²) in [5.41, 5.74) is 0.905. The first-order valence-electron chi connectivity index (χ1n) is 8.74. The maximum absolute atomic E-state index is 11.6. The number of esters is 1. The van der Waals surface area contributed by atoms with E-state index in [0.717, 1.165) is 0 Å². The lowest BCUT2D eigenvalue weighted by Crippen LogP contribution is -2.00. The molecule has 0 aliphatic heterocycles. The van der Waals surface area contributed by atoms with Gasteiger partial charge in [0.05, 0.1) is 37.5 Å². The van der Waals surface area contributed by atoms with Crippen molar-refractivity contribution in [3.8, 4) is 29.3 Å². The lowest BCUT2D eigenvalue weighted by Gasteiger charge is -2.13. The molecule has 1 heterocycles. The van der Waals surface area contributed by atoms with E-state index in [1.54, 1.807) is 48.5 Å². The van der Waals surface area contributed by atoms with Crippen LogP contribution in [0.25, 0.3) is 5.76 Å². The highest BCUT2D eigenvalue weighted by Crippen LogP contribution is 2.31. The zero-order valence-electron chi connectivity index (χ0n) is 16.2. The number of hydrogen-bond acceptors (Lipinski definition) is 8. The second-order valence-electron chi connectivity index (χ2n) is 5.74. The molecule has 0 fully saturated rings. The quantitative estimate of drug-likeness (QED) is 0.330. The summed E-state index contributed by atoms with van der Waals surface area (Å²) < 4.78 is 21.5. The van der Waals surface area contributed by atoms with E-state index in [4.69, 9.17) is 14.2 Å². The van der Waals surface area contributed by atoms with E-state index in [9.17, 15) is 10.1 Å². The maximum Gasteiger partial charge on any atom is 0.334 e. The van der Waals surface area contributed by atoms with Crippen molar-refractivity contribution in [2.45, 2.75) is 0 Å². The summed E-state index contributed by atoms with van der Waals surface area (Å²) >= 11 is 0. The first kappa shape index (κ1) is 20.4. The SMILES string of the molecule is COC(=O)C=C(OC)c1ccccc1Oc1cc(Oc2ccccc2C#N)ncn1. The molecule has 150 valence electrons. The van der Waals surface area contributed by atoms with Gasteiger partial charge in [0.2, 0.25) is 11.8 Å². The Labute approximate surface area is 172 Å². The van der Waals surface area contributed by atoms with Crippen molar-refractivity contribution >= 4 is 11.7 Å². The fourth-order valence-corrected chi connectivity index (χ4v) is 2.48. The van der Waals surface area contributed by atoms with Gasteiger partial charge in [-0.25, -0.2) is 14.8 Å². The third kappa shape index (κ3) is 4.91. The summed E-state index contributed by atoms with van der Waals surface area (Å²) in [6, 6.07) is 17.3. The van der Waals surface area contributed by atoms with Gasteiger partial charge < -0.3 is 18.9 Å². The molecule has 0 saturated heterocycles. The van der Waals surface area contributed by atoms with Crippen LogP contribution < -0.4 is 9.47 Å². The molecule has 3 rings (SSSR count). The van der Waals surface area contributed by atoms with Crippen LogP contribution in [0.2, 0.25) is 0 Å². The maximum atomic E-state index is 11.6. The lowest BCUT2D eigenvalue weighted by atomic mass is 10.1. The third-order valence-electron chi connectivity index (χ3n) is 3.88. The second-order valence-corrected chi connectivity index (χ2v) is 5.74. The van der Waals surface area contributed by atoms with Gasteiger partial charge >= 0.3 is 5.97 Å². The van der Waals surface area contributed by atoms with Crippen LogP contribution in [0, 0.1) is 11.3 Å². The molecule has 0 spiro atoms. The van der Waals surface area contributed by atoms with E-state index >= 15 is 0 Å². The van der Waals surface area contributed by atoms with Crippen molar-refractivity contribution in [2.24, 2.45) is 0 Å². The molecule has 3 aromatic rings. The average Bonchev–Trinajstić information content (AvgIpc) is 2.78. The number of carbonyl (C=O) groups excluding carboxylic acids is 1. The number of aromatic nitrogens is 2. The van der Waals surface area contributed by atoms with Crippen LogP contribution in [0.1, 0.15) is 11.1 Å². The standard InChI is InChI=1S/C22H17N3O5/c1-27-19(11-22(26)28-2)16-8-4-6-10-18(16)30-21-12-20(24-14-25-21)29-17-9-5-3-7-15(17)13-23/h3-12,14H,1-2H3. The Morgan fingerprint density at radius 3 is 2.23 bits per heavy atom. The normalized spacial score (nSPS) is 10.6. The molecular formula is C22H17N3O5. The highest BCUT2D eigenvalue weighted by atomic mass is 16.5. The summed E-state index contributed by atoms with van der Waals surface area (Å²) in [5.74, 6) is 0.887. The highest BCUT2D eigenvalue weighted by Gasteiger charge is 2.14. The largest absolute Gasteiger partial charge is 0.496 e. The molecule has 0 atom stereocenters. The summed E-state index contributed by atoms with van der Waals surface area (Å²) in [6.45, 7) is 0. The van der Waals surface area contributed by atoms with Gasteiger partial charge in [0.15, 0.2) is 0 Å². The van der Waals surface area contributed by atoms with E-state index in [-0.39, 0.29) is 17.5 Å². The fraction of sp³-hybridized carbons (Fsp3) is 0.0909. The molecule has 0 bridgehead atoms. The zero-order chi connectivity index (χ0) is 21.3. The molecule has 30 heavy (non-hydrogen) atoms. The van der Waals surface area contributed by atoms with Gasteiger partial charge in [0.1, 0.15) is 29.7 Å². The van der Waals surface area contributed by atoms with E-state index < -0.39 is 5.97 Å². The van der Waals surface area contributed by atoms with Gasteiger partial charge in [-0.2, -0.15) is 5.26 Å². The Bertz CT molecular complexity index is 1120. The van der Waals surface area contributed by atoms with Crippen molar-refractivity contribution < 1.29 is 23.7 Å². The molecule has 2 aromatic carbocycles. The minimum Gasteiger partial charge on any atom is -0.496 e. The molecule has 0 radical (unpaired) electrons. The molecule has 0 N–H and O–H groups in total. The molecule has 0 aliphatic carbocycles. The fourth-order valence-electron chi connectivity index (χ4n) is 2.48. The van der Waals surface area contributed by atoms with E-state index in [1.165, 1.54) is 32.7 Å². The molecule has 0 saturated carbocycles. The first-order chi connectivity index (χ1) is 14.6. The minimum absolute atomic E-state index is 0.204. The van der Waals surface area contributed by atoms with Gasteiger partial charge in [-0.05, 0) is 24.3 Å². The Morgan fingerprint density at radius 1 is 0.933 bits per heavy atom. The van der Waals surface area contributed by atoms with Crippen molar-refractivity contribution in [1.29, 1.82) is 5.26 Å². The van der Waals surface area contributed by atoms with Crippen LogP contribution in [0.5, 0.6) is 23.3 Å². The number of hydrogen-bond donors (Lipinski definition) is 0. The molecule has 0 amide bonds. The van der Waals surface area contributed by atoms with Crippen LogP contribution in [0.4, 0.5) is 0 Å². The Morgan fingerprint density at radius 2 is 1.57 bits per heavy atom. The number of nitrogens with zero attached hydrogens (tertiary/aromatic N) is 3. The van der Waals surface area contributed by atoms with Gasteiger partial charge in [-0.3, -0.25) is 0 Å². The Balaban J connectivity index is 1.88. The summed E-state index contributed by atoms with van der Waals surface area (Å²) in [4.78, 5) is 19.8. The van der Waals surface area contributed by atoms with Crippen LogP contribution in [-0.2, 0) is 14.3 Å². The molecule has 1 aromatic heterocycles. The first-order valence-corrected chi connectivity index (χ1v) is 8.74. The van der Waals surface area contributed by atoms with Crippen LogP contribution >= 0.6 is 0 Å². The van der Waals surface area contributed by atoms with Crippen molar-refractivity contribution in [3.05, 3.63) is 78.1 Å². The van der Waals surface area contributed by atoms with Crippen molar-refractivity contribution in [2.75, 3.05) is 14.2 Å². The van der Waals surface area contributed by atoms with Gasteiger partial charge in [-0.1, -0.05) is 24.3 Å². The number of rotatable bonds is 7. The predicted molar refractivity (Wildman–Crippen MR) is 107 cm³/mol. The number of ether oxygens (including phenoxy) is 4. The molecule has 0 aliphatic rings. The summed E-state index contributed by atoms with van der Waals surface area (Å²) in [6.07, 6.45) is 2.50. The van der Waals surface area contributed by atoms with E-state index in [0.29, 0.717) is 22.6 Å². The minimum atomic E-state index is -0.560. The third-order valence-corrected chi connectivity index (χ3v) is 3.88. The van der Waals surface area contributed by atoms with Crippen molar-refractivity contribution in [3.63, 3.8) is 0 Å². The number of para-hydroxylation sites is 2. The number of methoxy groups -OCH3 is 2. The van der Waals surface area contributed by atoms with Crippen LogP contribution in [0.3, 0.4) is 0 Å². The zero-order valence-corrected chi connectivity index (χ0v) is 16.2. The number of carbonyl (C=O) groups is 1. The van der Waals surface area contributed by atoms with Gasteiger partial charge in [0.25, 0.3) is 0 Å². The van der Waals surface area contributed by atoms with Gasteiger partial charge in [0, 0.05) is 0 Å². The monoisotopic (exact) mass is 403 g/mol. The topological polar surface area (TPSA) is 104 Å². The summed E-state index contributed by atoms with van der Waals surface area (Å²) in [7, 11) is 2.72. The molecule has 8 nitrogen and oxygen atoms in total. The second kappa shape index (κ2) is 9.71. The summed E-state index contributed by atoms with van der Waals surface area (Å²) in [5, 5.41) is 9.19.